The molecule has 1 N–H and O–H groups in total. The Labute approximate surface area is 136 Å². The van der Waals surface area contributed by atoms with E-state index in [9.17, 15) is 8.78 Å². The Morgan fingerprint density at radius 2 is 1.95 bits per heavy atom. The molecule has 1 radical (unpaired) electrons. The normalized spacial score (nSPS) is 18.2. The van der Waals surface area contributed by atoms with E-state index in [0.717, 1.165) is 5.70 Å². The molecule has 0 amide bonds. The Morgan fingerprint density at radius 1 is 1.37 bits per heavy atom. The molecule has 1 atom stereocenters. The quantitative estimate of drug-likeness (QED) is 0.836. The van der Waals surface area contributed by atoms with E-state index in [0.29, 0.717) is 17.7 Å². The van der Waals surface area contributed by atoms with Gasteiger partial charge in [-0.2, -0.15) is 0 Å². The van der Waals surface area contributed by atoms with E-state index >= 15 is 0 Å². The second-order valence-electron chi connectivity index (χ2n) is 4.28. The van der Waals surface area contributed by atoms with Crippen molar-refractivity contribution in [3.8, 4) is 5.75 Å². The molecule has 1 aliphatic rings. The number of rotatable bonds is 2. The predicted octanol–water partition coefficient (Wildman–Crippen LogP) is 3.26. The largest absolute Gasteiger partial charge is 0.491 e. The van der Waals surface area contributed by atoms with Crippen LogP contribution >= 0.6 is 0 Å². The minimum Gasteiger partial charge on any atom is -0.491 e. The Kier molecular flexibility index (Phi) is 5.69. The van der Waals surface area contributed by atoms with Gasteiger partial charge in [0.05, 0.1) is 7.11 Å². The van der Waals surface area contributed by atoms with Crippen molar-refractivity contribution in [3.05, 3.63) is 47.7 Å². The van der Waals surface area contributed by atoms with Gasteiger partial charge in [-0.3, -0.25) is 0 Å². The van der Waals surface area contributed by atoms with Crippen LogP contribution < -0.4 is 10.1 Å². The zero-order valence-corrected chi connectivity index (χ0v) is 13.7. The maximum atomic E-state index is 13.6. The first kappa shape index (κ1) is 16.3. The number of hydrogen-bond acceptors (Lipinski definition) is 2. The number of nitrogens with one attached hydrogen (secondary N) is 1. The molecule has 2 nitrogen and oxygen atoms in total. The number of ether oxygens (including phenoxy) is 1. The van der Waals surface area contributed by atoms with Crippen molar-refractivity contribution in [2.45, 2.75) is 13.3 Å². The monoisotopic (exact) mass is 339 g/mol. The van der Waals surface area contributed by atoms with Crippen LogP contribution in [0.4, 0.5) is 8.78 Å². The summed E-state index contributed by atoms with van der Waals surface area (Å²) in [4.78, 5) is 0. The average Bonchev–Trinajstić information content (AvgIpc) is 2.32. The number of hydrogen-bond donors (Lipinski definition) is 1. The summed E-state index contributed by atoms with van der Waals surface area (Å²) in [5, 5.41) is 3.01. The molecule has 19 heavy (non-hydrogen) atoms. The van der Waals surface area contributed by atoms with Crippen LogP contribution in [0.1, 0.15) is 18.9 Å². The zero-order valence-electron chi connectivity index (χ0n) is 10.9. The van der Waals surface area contributed by atoms with Gasteiger partial charge in [0.15, 0.2) is 17.4 Å². The van der Waals surface area contributed by atoms with E-state index in [-0.39, 0.29) is 44.4 Å². The SMILES string of the molecule is C=C1NC(c2cc(F)c(OC)c(F)c2)=[C-]CC1C.[Y]. The van der Waals surface area contributed by atoms with Crippen LogP contribution in [0.5, 0.6) is 5.75 Å². The number of methoxy groups -OCH3 is 1. The summed E-state index contributed by atoms with van der Waals surface area (Å²) in [5.41, 5.74) is 1.78. The van der Waals surface area contributed by atoms with Crippen molar-refractivity contribution in [3.63, 3.8) is 0 Å². The summed E-state index contributed by atoms with van der Waals surface area (Å²) >= 11 is 0. The minimum atomic E-state index is -0.729. The molecule has 0 saturated carbocycles. The Morgan fingerprint density at radius 3 is 2.42 bits per heavy atom. The fourth-order valence-corrected chi connectivity index (χ4v) is 1.78. The van der Waals surface area contributed by atoms with Crippen LogP contribution in [-0.4, -0.2) is 7.11 Å². The molecule has 1 aromatic rings. The fraction of sp³-hybridized carbons (Fsp3) is 0.286. The Balaban J connectivity index is 0.00000180. The molecule has 0 spiro atoms. The van der Waals surface area contributed by atoms with Crippen molar-refractivity contribution >= 4 is 5.70 Å². The molecule has 0 saturated heterocycles. The van der Waals surface area contributed by atoms with Gasteiger partial charge in [0.2, 0.25) is 0 Å². The Bertz CT molecular complexity index is 505. The predicted molar refractivity (Wildman–Crippen MR) is 65.6 cm³/mol. The summed E-state index contributed by atoms with van der Waals surface area (Å²) in [6, 6.07) is 2.45. The van der Waals surface area contributed by atoms with Crippen molar-refractivity contribution in [1.82, 2.24) is 5.32 Å². The summed E-state index contributed by atoms with van der Waals surface area (Å²) < 4.78 is 31.8. The number of benzene rings is 1. The zero-order chi connectivity index (χ0) is 13.3. The minimum absolute atomic E-state index is 0. The van der Waals surface area contributed by atoms with Crippen LogP contribution in [0.25, 0.3) is 5.70 Å². The van der Waals surface area contributed by atoms with Gasteiger partial charge in [0.25, 0.3) is 0 Å². The van der Waals surface area contributed by atoms with Gasteiger partial charge in [0, 0.05) is 38.4 Å². The first-order valence-electron chi connectivity index (χ1n) is 5.63. The van der Waals surface area contributed by atoms with Crippen LogP contribution in [0.15, 0.2) is 24.4 Å². The van der Waals surface area contributed by atoms with Crippen molar-refractivity contribution < 1.29 is 46.2 Å². The summed E-state index contributed by atoms with van der Waals surface area (Å²) in [7, 11) is 1.23. The topological polar surface area (TPSA) is 21.3 Å². The van der Waals surface area contributed by atoms with Crippen molar-refractivity contribution in [2.24, 2.45) is 5.92 Å². The second-order valence-corrected chi connectivity index (χ2v) is 4.28. The molecule has 1 unspecified atom stereocenters. The molecule has 99 valence electrons. The maximum Gasteiger partial charge on any atom is 0.187 e. The third kappa shape index (κ3) is 3.43. The van der Waals surface area contributed by atoms with Crippen LogP contribution in [-0.2, 0) is 32.7 Å². The number of halogens is 2. The van der Waals surface area contributed by atoms with Gasteiger partial charge in [-0.25, -0.2) is 14.9 Å². The fourth-order valence-electron chi connectivity index (χ4n) is 1.78. The third-order valence-corrected chi connectivity index (χ3v) is 2.96. The second kappa shape index (κ2) is 6.62. The van der Waals surface area contributed by atoms with Gasteiger partial charge in [0.1, 0.15) is 0 Å². The molecule has 0 aromatic heterocycles. The van der Waals surface area contributed by atoms with Gasteiger partial charge in [-0.15, -0.1) is 17.7 Å². The summed E-state index contributed by atoms with van der Waals surface area (Å²) in [6.07, 6.45) is 3.76. The average molecular weight is 339 g/mol. The van der Waals surface area contributed by atoms with Gasteiger partial charge in [-0.1, -0.05) is 25.6 Å². The van der Waals surface area contributed by atoms with E-state index in [4.69, 9.17) is 0 Å². The molecular weight excluding hydrogens is 325 g/mol. The van der Waals surface area contributed by atoms with Gasteiger partial charge < -0.3 is 10.1 Å². The van der Waals surface area contributed by atoms with Crippen molar-refractivity contribution in [2.75, 3.05) is 7.11 Å². The molecule has 0 bridgehead atoms. The van der Waals surface area contributed by atoms with Crippen LogP contribution in [0.2, 0.25) is 0 Å². The third-order valence-electron chi connectivity index (χ3n) is 2.96. The smallest absolute Gasteiger partial charge is 0.187 e. The van der Waals surface area contributed by atoms with E-state index in [1.54, 1.807) is 0 Å². The molecule has 0 aliphatic carbocycles. The maximum absolute atomic E-state index is 13.6. The molecule has 5 heteroatoms. The molecule has 1 heterocycles. The first-order valence-corrected chi connectivity index (χ1v) is 5.63. The number of allylic oxidation sites excluding steroid dienone is 2. The summed E-state index contributed by atoms with van der Waals surface area (Å²) in [6.45, 7) is 5.87. The van der Waals surface area contributed by atoms with Crippen LogP contribution in [0.3, 0.4) is 0 Å². The van der Waals surface area contributed by atoms with E-state index in [2.05, 4.69) is 22.7 Å². The molecule has 1 aliphatic heterocycles. The summed E-state index contributed by atoms with van der Waals surface area (Å²) in [5.74, 6) is -1.57. The standard InChI is InChI=1S/C14H14F2NO.Y/c1-8-4-5-13(17-9(8)2)10-6-11(15)14(18-3)12(16)7-10;/h6-8,17H,2,4H2,1,3H3;/q-1;. The van der Waals surface area contributed by atoms with Gasteiger partial charge in [-0.05, 0) is 5.92 Å². The van der Waals surface area contributed by atoms with E-state index < -0.39 is 11.6 Å². The molecule has 0 fully saturated rings. The van der Waals surface area contributed by atoms with Crippen molar-refractivity contribution in [1.29, 1.82) is 0 Å². The molecule has 1 aromatic carbocycles. The van der Waals surface area contributed by atoms with Gasteiger partial charge >= 0.3 is 0 Å². The van der Waals surface area contributed by atoms with E-state index in [1.165, 1.54) is 19.2 Å². The molecule has 2 rings (SSSR count). The Hall–Kier alpha value is -0.736. The first-order chi connectivity index (χ1) is 8.52. The molecular formula is C14H14F2NOY-. The van der Waals surface area contributed by atoms with Crippen LogP contribution in [0, 0.1) is 23.6 Å². The van der Waals surface area contributed by atoms with E-state index in [1.807, 2.05) is 6.92 Å².